The molecular formula is C19H20N4O4. The van der Waals surface area contributed by atoms with Gasteiger partial charge in [0.05, 0.1) is 12.7 Å². The maximum absolute atomic E-state index is 11.7. The molecule has 8 nitrogen and oxygen atoms in total. The fraction of sp³-hybridized carbons (Fsp3) is 0.316. The van der Waals surface area contributed by atoms with Gasteiger partial charge in [0.2, 0.25) is 5.91 Å². The molecule has 0 atom stereocenters. The van der Waals surface area contributed by atoms with Crippen molar-refractivity contribution < 1.29 is 19.4 Å². The van der Waals surface area contributed by atoms with Gasteiger partial charge in [-0.15, -0.1) is 0 Å². The molecule has 4 rings (SSSR count). The van der Waals surface area contributed by atoms with Gasteiger partial charge in [0, 0.05) is 37.8 Å². The number of rotatable bonds is 4. The molecule has 1 aromatic carbocycles. The Morgan fingerprint density at radius 3 is 2.52 bits per heavy atom. The first-order valence-electron chi connectivity index (χ1n) is 8.61. The van der Waals surface area contributed by atoms with Crippen LogP contribution in [-0.4, -0.2) is 66.7 Å². The number of anilines is 1. The summed E-state index contributed by atoms with van der Waals surface area (Å²) in [4.78, 5) is 31.7. The van der Waals surface area contributed by atoms with Gasteiger partial charge in [-0.3, -0.25) is 9.59 Å². The maximum Gasteiger partial charge on any atom is 0.252 e. The molecular weight excluding hydrogens is 348 g/mol. The van der Waals surface area contributed by atoms with Crippen molar-refractivity contribution >= 4 is 28.4 Å². The van der Waals surface area contributed by atoms with E-state index in [1.165, 1.54) is 18.3 Å². The van der Waals surface area contributed by atoms with E-state index in [0.717, 1.165) is 16.6 Å². The maximum atomic E-state index is 11.7. The summed E-state index contributed by atoms with van der Waals surface area (Å²) in [5, 5.41) is 10.8. The topological polar surface area (TPSA) is 109 Å². The van der Waals surface area contributed by atoms with Gasteiger partial charge in [-0.05, 0) is 34.7 Å². The van der Waals surface area contributed by atoms with Crippen molar-refractivity contribution in [3.63, 3.8) is 0 Å². The summed E-state index contributed by atoms with van der Waals surface area (Å²) in [7, 11) is 1.50. The van der Waals surface area contributed by atoms with Crippen molar-refractivity contribution in [2.45, 2.75) is 0 Å². The zero-order valence-corrected chi connectivity index (χ0v) is 14.9. The van der Waals surface area contributed by atoms with Crippen LogP contribution in [0.3, 0.4) is 0 Å². The third-order valence-electron chi connectivity index (χ3n) is 5.14. The number of methoxy groups -OCH3 is 1. The average molecular weight is 368 g/mol. The molecule has 2 aromatic rings. The van der Waals surface area contributed by atoms with Gasteiger partial charge in [-0.2, -0.15) is 0 Å². The molecule has 0 aliphatic carbocycles. The lowest BCUT2D eigenvalue weighted by Gasteiger charge is -2.24. The van der Waals surface area contributed by atoms with E-state index in [1.54, 1.807) is 23.2 Å². The Bertz CT molecular complexity index is 967. The van der Waals surface area contributed by atoms with E-state index in [1.807, 2.05) is 6.07 Å². The lowest BCUT2D eigenvalue weighted by atomic mass is 10.1. The SMILES string of the molecule is COc1cc2c(N3CC4=C(CN(C(=O)CO)C4)C3)nccc2cc1C(N)=O. The highest BCUT2D eigenvalue weighted by Crippen LogP contribution is 2.35. The van der Waals surface area contributed by atoms with Crippen LogP contribution in [0.4, 0.5) is 5.82 Å². The molecule has 8 heteroatoms. The third-order valence-corrected chi connectivity index (χ3v) is 5.14. The van der Waals surface area contributed by atoms with E-state index >= 15 is 0 Å². The smallest absolute Gasteiger partial charge is 0.252 e. The third kappa shape index (κ3) is 2.87. The van der Waals surface area contributed by atoms with Gasteiger partial charge in [-0.25, -0.2) is 4.98 Å². The van der Waals surface area contributed by atoms with Crippen molar-refractivity contribution in [1.29, 1.82) is 0 Å². The summed E-state index contributed by atoms with van der Waals surface area (Å²) in [5.41, 5.74) is 8.17. The van der Waals surface area contributed by atoms with Crippen LogP contribution in [0.2, 0.25) is 0 Å². The Morgan fingerprint density at radius 2 is 1.93 bits per heavy atom. The number of carbonyl (C=O) groups is 2. The van der Waals surface area contributed by atoms with Crippen LogP contribution in [0.5, 0.6) is 5.75 Å². The molecule has 2 aliphatic heterocycles. The second-order valence-electron chi connectivity index (χ2n) is 6.74. The number of fused-ring (bicyclic) bond motifs is 1. The quantitative estimate of drug-likeness (QED) is 0.751. The van der Waals surface area contributed by atoms with Gasteiger partial charge in [0.1, 0.15) is 18.2 Å². The highest BCUT2D eigenvalue weighted by Gasteiger charge is 2.33. The fourth-order valence-electron chi connectivity index (χ4n) is 3.81. The molecule has 2 amide bonds. The molecule has 0 bridgehead atoms. The van der Waals surface area contributed by atoms with Gasteiger partial charge >= 0.3 is 0 Å². The number of carbonyl (C=O) groups excluding carboxylic acids is 2. The summed E-state index contributed by atoms with van der Waals surface area (Å²) in [6.45, 7) is 1.99. The van der Waals surface area contributed by atoms with Crippen molar-refractivity contribution in [3.8, 4) is 5.75 Å². The standard InChI is InChI=1S/C19H20N4O4/c1-27-16-5-14-11(4-15(16)18(20)26)2-3-21-19(14)23-8-12-6-22(17(25)10-24)7-13(12)9-23/h2-5,24H,6-10H2,1H3,(H2,20,26). The molecule has 2 aliphatic rings. The number of hydrogen-bond acceptors (Lipinski definition) is 6. The van der Waals surface area contributed by atoms with Crippen LogP contribution >= 0.6 is 0 Å². The zero-order chi connectivity index (χ0) is 19.1. The van der Waals surface area contributed by atoms with Crippen LogP contribution in [0.1, 0.15) is 10.4 Å². The minimum absolute atomic E-state index is 0.247. The number of ether oxygens (including phenoxy) is 1. The molecule has 0 saturated carbocycles. The first kappa shape index (κ1) is 17.3. The predicted molar refractivity (Wildman–Crippen MR) is 99.7 cm³/mol. The second-order valence-corrected chi connectivity index (χ2v) is 6.74. The number of primary amides is 1. The van der Waals surface area contributed by atoms with Crippen LogP contribution in [-0.2, 0) is 4.79 Å². The summed E-state index contributed by atoms with van der Waals surface area (Å²) in [5.74, 6) is 0.436. The molecule has 0 fully saturated rings. The Labute approximate surface area is 155 Å². The monoisotopic (exact) mass is 368 g/mol. The Kier molecular flexibility index (Phi) is 4.19. The Hall–Kier alpha value is -3.13. The van der Waals surface area contributed by atoms with E-state index in [-0.39, 0.29) is 5.91 Å². The molecule has 0 unspecified atom stereocenters. The number of aliphatic hydroxyl groups excluding tert-OH is 1. The number of nitrogens with two attached hydrogens (primary N) is 1. The molecule has 3 N–H and O–H groups in total. The Balaban J connectivity index is 1.64. The average Bonchev–Trinajstić information content (AvgIpc) is 3.24. The first-order valence-corrected chi connectivity index (χ1v) is 8.61. The number of aromatic nitrogens is 1. The number of pyridine rings is 1. The van der Waals surface area contributed by atoms with Gasteiger partial charge in [0.15, 0.2) is 0 Å². The number of nitrogens with zero attached hydrogens (tertiary/aromatic N) is 3. The Morgan fingerprint density at radius 1 is 1.22 bits per heavy atom. The summed E-state index contributed by atoms with van der Waals surface area (Å²) >= 11 is 0. The van der Waals surface area contributed by atoms with Crippen LogP contribution in [0.25, 0.3) is 10.8 Å². The molecule has 3 heterocycles. The molecule has 1 aromatic heterocycles. The van der Waals surface area contributed by atoms with Crippen LogP contribution in [0, 0.1) is 0 Å². The highest BCUT2D eigenvalue weighted by atomic mass is 16.5. The highest BCUT2D eigenvalue weighted by molar-refractivity contribution is 6.03. The van der Waals surface area contributed by atoms with Crippen LogP contribution < -0.4 is 15.4 Å². The fourth-order valence-corrected chi connectivity index (χ4v) is 3.81. The summed E-state index contributed by atoms with van der Waals surface area (Å²) in [6, 6.07) is 5.35. The van der Waals surface area contributed by atoms with E-state index < -0.39 is 12.5 Å². The number of hydrogen-bond donors (Lipinski definition) is 2. The largest absolute Gasteiger partial charge is 0.496 e. The molecule has 140 valence electrons. The van der Waals surface area contributed by atoms with E-state index in [2.05, 4.69) is 9.88 Å². The number of amides is 2. The first-order chi connectivity index (χ1) is 13.0. The summed E-state index contributed by atoms with van der Waals surface area (Å²) in [6.07, 6.45) is 1.71. The second kappa shape index (κ2) is 6.55. The normalized spacial score (nSPS) is 16.2. The molecule has 0 saturated heterocycles. The lowest BCUT2D eigenvalue weighted by molar-refractivity contribution is -0.132. The van der Waals surface area contributed by atoms with Crippen molar-refractivity contribution in [3.05, 3.63) is 41.1 Å². The van der Waals surface area contributed by atoms with Crippen molar-refractivity contribution in [2.24, 2.45) is 5.73 Å². The number of benzene rings is 1. The van der Waals surface area contributed by atoms with Crippen molar-refractivity contribution in [1.82, 2.24) is 9.88 Å². The van der Waals surface area contributed by atoms with Crippen molar-refractivity contribution in [2.75, 3.05) is 44.8 Å². The molecule has 0 radical (unpaired) electrons. The van der Waals surface area contributed by atoms with Crippen LogP contribution in [0.15, 0.2) is 35.5 Å². The molecule has 0 spiro atoms. The van der Waals surface area contributed by atoms with Gasteiger partial charge < -0.3 is 25.4 Å². The zero-order valence-electron chi connectivity index (χ0n) is 14.9. The summed E-state index contributed by atoms with van der Waals surface area (Å²) < 4.78 is 5.33. The number of aliphatic hydroxyl groups is 1. The molecule has 27 heavy (non-hydrogen) atoms. The minimum atomic E-state index is -0.539. The predicted octanol–water partition coefficient (Wildman–Crippen LogP) is 0.293. The minimum Gasteiger partial charge on any atom is -0.496 e. The van der Waals surface area contributed by atoms with Gasteiger partial charge in [0.25, 0.3) is 5.91 Å². The van der Waals surface area contributed by atoms with E-state index in [4.69, 9.17) is 15.6 Å². The van der Waals surface area contributed by atoms with E-state index in [0.29, 0.717) is 37.5 Å². The van der Waals surface area contributed by atoms with E-state index in [9.17, 15) is 9.59 Å². The van der Waals surface area contributed by atoms with Gasteiger partial charge in [-0.1, -0.05) is 0 Å². The lowest BCUT2D eigenvalue weighted by Crippen LogP contribution is -2.35.